The summed E-state index contributed by atoms with van der Waals surface area (Å²) in [6.45, 7) is 4.20. The van der Waals surface area contributed by atoms with Crippen LogP contribution >= 0.6 is 11.6 Å². The van der Waals surface area contributed by atoms with Crippen molar-refractivity contribution in [3.8, 4) is 0 Å². The van der Waals surface area contributed by atoms with Crippen LogP contribution in [-0.2, 0) is 16.1 Å². The average molecular weight is 256 g/mol. The molecule has 1 aromatic carbocycles. The zero-order valence-corrected chi connectivity index (χ0v) is 10.9. The van der Waals surface area contributed by atoms with Gasteiger partial charge in [0.05, 0.1) is 0 Å². The molecule has 1 rings (SSSR count). The van der Waals surface area contributed by atoms with Crippen LogP contribution in [-0.4, -0.2) is 12.0 Å². The van der Waals surface area contributed by atoms with E-state index in [1.165, 1.54) is 0 Å². The second-order valence-electron chi connectivity index (χ2n) is 4.44. The van der Waals surface area contributed by atoms with Crippen molar-refractivity contribution in [2.45, 2.75) is 32.9 Å². The minimum absolute atomic E-state index is 0.171. The maximum Gasteiger partial charge on any atom is 0.323 e. The molecule has 0 aliphatic rings. The molecule has 0 saturated carbocycles. The van der Waals surface area contributed by atoms with E-state index < -0.39 is 6.04 Å². The summed E-state index contributed by atoms with van der Waals surface area (Å²) in [5.41, 5.74) is 6.50. The van der Waals surface area contributed by atoms with Gasteiger partial charge >= 0.3 is 5.97 Å². The first-order valence-electron chi connectivity index (χ1n) is 5.66. The third kappa shape index (κ3) is 4.75. The quantitative estimate of drug-likeness (QED) is 0.823. The lowest BCUT2D eigenvalue weighted by Crippen LogP contribution is -2.33. The molecule has 17 heavy (non-hydrogen) atoms. The molecule has 0 bridgehead atoms. The summed E-state index contributed by atoms with van der Waals surface area (Å²) in [5.74, 6) is -0.00326. The second-order valence-corrected chi connectivity index (χ2v) is 4.84. The fourth-order valence-corrected chi connectivity index (χ4v) is 1.67. The van der Waals surface area contributed by atoms with Crippen molar-refractivity contribution >= 4 is 17.6 Å². The number of nitrogens with two attached hydrogens (primary N) is 1. The van der Waals surface area contributed by atoms with Crippen LogP contribution in [0, 0.1) is 5.92 Å². The molecule has 0 unspecified atom stereocenters. The first kappa shape index (κ1) is 14.0. The normalized spacial score (nSPS) is 12.5. The SMILES string of the molecule is CC(C)C[C@@H](N)C(=O)OCc1ccccc1Cl. The summed E-state index contributed by atoms with van der Waals surface area (Å²) >= 11 is 5.95. The number of halogens is 1. The molecular formula is C13H18ClNO2. The second kappa shape index (κ2) is 6.62. The topological polar surface area (TPSA) is 52.3 Å². The van der Waals surface area contributed by atoms with E-state index in [9.17, 15) is 4.79 Å². The molecule has 0 amide bonds. The molecule has 0 aliphatic heterocycles. The molecule has 0 fully saturated rings. The van der Waals surface area contributed by atoms with E-state index in [2.05, 4.69) is 0 Å². The van der Waals surface area contributed by atoms with Crippen LogP contribution in [0.3, 0.4) is 0 Å². The molecule has 0 radical (unpaired) electrons. The molecule has 2 N–H and O–H groups in total. The van der Waals surface area contributed by atoms with Gasteiger partial charge in [-0.15, -0.1) is 0 Å². The summed E-state index contributed by atoms with van der Waals surface area (Å²) in [7, 11) is 0. The fourth-order valence-electron chi connectivity index (χ4n) is 1.48. The molecule has 0 saturated heterocycles. The van der Waals surface area contributed by atoms with Crippen LogP contribution in [0.4, 0.5) is 0 Å². The number of esters is 1. The summed E-state index contributed by atoms with van der Waals surface area (Å²) in [6.07, 6.45) is 0.626. The molecule has 0 aliphatic carbocycles. The van der Waals surface area contributed by atoms with Gasteiger partial charge in [-0.05, 0) is 18.4 Å². The van der Waals surface area contributed by atoms with Gasteiger partial charge in [-0.2, -0.15) is 0 Å². The number of benzene rings is 1. The van der Waals surface area contributed by atoms with E-state index in [4.69, 9.17) is 22.1 Å². The van der Waals surface area contributed by atoms with Gasteiger partial charge in [0.1, 0.15) is 12.6 Å². The summed E-state index contributed by atoms with van der Waals surface area (Å²) < 4.78 is 5.12. The van der Waals surface area contributed by atoms with Crippen LogP contribution in [0.15, 0.2) is 24.3 Å². The zero-order valence-electron chi connectivity index (χ0n) is 10.2. The maximum atomic E-state index is 11.6. The number of carbonyl (C=O) groups is 1. The third-order valence-corrected chi connectivity index (χ3v) is 2.72. The van der Waals surface area contributed by atoms with Crippen molar-refractivity contribution in [3.05, 3.63) is 34.9 Å². The molecule has 3 nitrogen and oxygen atoms in total. The van der Waals surface area contributed by atoms with E-state index in [0.29, 0.717) is 17.4 Å². The molecule has 1 atom stereocenters. The van der Waals surface area contributed by atoms with Crippen LogP contribution < -0.4 is 5.73 Å². The lowest BCUT2D eigenvalue weighted by Gasteiger charge is -2.13. The number of carbonyl (C=O) groups excluding carboxylic acids is 1. The summed E-state index contributed by atoms with van der Waals surface area (Å²) in [5, 5.41) is 0.595. The summed E-state index contributed by atoms with van der Waals surface area (Å²) in [6, 6.07) is 6.71. The Morgan fingerprint density at radius 2 is 2.06 bits per heavy atom. The van der Waals surface area contributed by atoms with Crippen LogP contribution in [0.2, 0.25) is 5.02 Å². The third-order valence-electron chi connectivity index (χ3n) is 2.36. The van der Waals surface area contributed by atoms with Crippen molar-refractivity contribution in [1.29, 1.82) is 0 Å². The average Bonchev–Trinajstić information content (AvgIpc) is 2.26. The van der Waals surface area contributed by atoms with Crippen molar-refractivity contribution in [3.63, 3.8) is 0 Å². The van der Waals surface area contributed by atoms with E-state index >= 15 is 0 Å². The highest BCUT2D eigenvalue weighted by Gasteiger charge is 2.16. The number of ether oxygens (including phenoxy) is 1. The van der Waals surface area contributed by atoms with Gasteiger partial charge in [0.25, 0.3) is 0 Å². The predicted octanol–water partition coefficient (Wildman–Crippen LogP) is 2.76. The predicted molar refractivity (Wildman–Crippen MR) is 68.7 cm³/mol. The van der Waals surface area contributed by atoms with E-state index in [1.54, 1.807) is 6.07 Å². The van der Waals surface area contributed by atoms with Gasteiger partial charge in [0, 0.05) is 10.6 Å². The molecule has 0 heterocycles. The minimum Gasteiger partial charge on any atom is -0.460 e. The molecular weight excluding hydrogens is 238 g/mol. The summed E-state index contributed by atoms with van der Waals surface area (Å²) in [4.78, 5) is 11.6. The monoisotopic (exact) mass is 255 g/mol. The Morgan fingerprint density at radius 3 is 2.65 bits per heavy atom. The van der Waals surface area contributed by atoms with Gasteiger partial charge in [0.15, 0.2) is 0 Å². The largest absolute Gasteiger partial charge is 0.460 e. The number of hydrogen-bond donors (Lipinski definition) is 1. The number of hydrogen-bond acceptors (Lipinski definition) is 3. The highest BCUT2D eigenvalue weighted by atomic mass is 35.5. The molecule has 4 heteroatoms. The van der Waals surface area contributed by atoms with E-state index in [-0.39, 0.29) is 12.6 Å². The molecule has 1 aromatic rings. The number of rotatable bonds is 5. The Bertz CT molecular complexity index is 379. The first-order chi connectivity index (χ1) is 8.00. The highest BCUT2D eigenvalue weighted by Crippen LogP contribution is 2.16. The van der Waals surface area contributed by atoms with Crippen LogP contribution in [0.25, 0.3) is 0 Å². The lowest BCUT2D eigenvalue weighted by atomic mass is 10.1. The van der Waals surface area contributed by atoms with Crippen molar-refractivity contribution in [2.75, 3.05) is 0 Å². The molecule has 0 spiro atoms. The van der Waals surface area contributed by atoms with Crippen molar-refractivity contribution in [1.82, 2.24) is 0 Å². The van der Waals surface area contributed by atoms with Gasteiger partial charge < -0.3 is 10.5 Å². The lowest BCUT2D eigenvalue weighted by molar-refractivity contribution is -0.146. The minimum atomic E-state index is -0.558. The van der Waals surface area contributed by atoms with E-state index in [1.807, 2.05) is 32.0 Å². The molecule has 0 aromatic heterocycles. The Hall–Kier alpha value is -1.06. The smallest absolute Gasteiger partial charge is 0.323 e. The Kier molecular flexibility index (Phi) is 5.45. The van der Waals surface area contributed by atoms with E-state index in [0.717, 1.165) is 5.56 Å². The first-order valence-corrected chi connectivity index (χ1v) is 6.04. The van der Waals surface area contributed by atoms with Gasteiger partial charge in [-0.25, -0.2) is 0 Å². The Balaban J connectivity index is 2.46. The van der Waals surface area contributed by atoms with Gasteiger partial charge in [-0.1, -0.05) is 43.6 Å². The zero-order chi connectivity index (χ0) is 12.8. The van der Waals surface area contributed by atoms with Crippen molar-refractivity contribution in [2.24, 2.45) is 11.7 Å². The Morgan fingerprint density at radius 1 is 1.41 bits per heavy atom. The highest BCUT2D eigenvalue weighted by molar-refractivity contribution is 6.31. The Labute approximate surface area is 107 Å². The van der Waals surface area contributed by atoms with Gasteiger partial charge in [-0.3, -0.25) is 4.79 Å². The van der Waals surface area contributed by atoms with Crippen molar-refractivity contribution < 1.29 is 9.53 Å². The maximum absolute atomic E-state index is 11.6. The van der Waals surface area contributed by atoms with Gasteiger partial charge in [0.2, 0.25) is 0 Å². The van der Waals surface area contributed by atoms with Crippen LogP contribution in [0.1, 0.15) is 25.8 Å². The molecule has 94 valence electrons. The standard InChI is InChI=1S/C13H18ClNO2/c1-9(2)7-12(15)13(16)17-8-10-5-3-4-6-11(10)14/h3-6,9,12H,7-8,15H2,1-2H3/t12-/m1/s1. The fraction of sp³-hybridized carbons (Fsp3) is 0.462. The van der Waals surface area contributed by atoms with Crippen LogP contribution in [0.5, 0.6) is 0 Å².